The lowest BCUT2D eigenvalue weighted by atomic mass is 10.2. The van der Waals surface area contributed by atoms with Crippen LogP contribution >= 0.6 is 11.6 Å². The highest BCUT2D eigenvalue weighted by Crippen LogP contribution is 2.34. The second kappa shape index (κ2) is 5.97. The van der Waals surface area contributed by atoms with Crippen LogP contribution in [0.2, 0.25) is 5.15 Å². The summed E-state index contributed by atoms with van der Waals surface area (Å²) in [4.78, 5) is 0. The van der Waals surface area contributed by atoms with Gasteiger partial charge in [0.1, 0.15) is 0 Å². The zero-order valence-corrected chi connectivity index (χ0v) is 12.2. The van der Waals surface area contributed by atoms with Gasteiger partial charge in [-0.25, -0.2) is 0 Å². The van der Waals surface area contributed by atoms with Gasteiger partial charge in [0.05, 0.1) is 6.61 Å². The first kappa shape index (κ1) is 13.6. The van der Waals surface area contributed by atoms with Crippen LogP contribution in [0.5, 0.6) is 17.4 Å². The third-order valence-electron chi connectivity index (χ3n) is 2.96. The van der Waals surface area contributed by atoms with E-state index >= 15 is 0 Å². The Balaban J connectivity index is 2.05. The summed E-state index contributed by atoms with van der Waals surface area (Å²) in [6.07, 6.45) is 0. The molecule has 0 amide bonds. The van der Waals surface area contributed by atoms with Crippen LogP contribution in [0.15, 0.2) is 48.5 Å². The van der Waals surface area contributed by atoms with Crippen LogP contribution < -0.4 is 9.47 Å². The molecule has 0 radical (unpaired) electrons. The summed E-state index contributed by atoms with van der Waals surface area (Å²) >= 11 is 6.06. The number of aromatic nitrogens is 2. The molecule has 3 aromatic rings. The number of ether oxygens (including phenoxy) is 2. The third kappa shape index (κ3) is 2.76. The Kier molecular flexibility index (Phi) is 3.88. The quantitative estimate of drug-likeness (QED) is 0.713. The summed E-state index contributed by atoms with van der Waals surface area (Å²) < 4.78 is 11.4. The Morgan fingerprint density at radius 3 is 2.33 bits per heavy atom. The van der Waals surface area contributed by atoms with Crippen molar-refractivity contribution in [2.45, 2.75) is 6.92 Å². The molecule has 0 bridgehead atoms. The van der Waals surface area contributed by atoms with E-state index in [-0.39, 0.29) is 0 Å². The van der Waals surface area contributed by atoms with Crippen LogP contribution in [0.25, 0.3) is 10.8 Å². The lowest BCUT2D eigenvalue weighted by Gasteiger charge is -2.11. The fraction of sp³-hybridized carbons (Fsp3) is 0.125. The van der Waals surface area contributed by atoms with Crippen molar-refractivity contribution in [3.8, 4) is 17.4 Å². The van der Waals surface area contributed by atoms with Gasteiger partial charge in [0.2, 0.25) is 5.88 Å². The highest BCUT2D eigenvalue weighted by Gasteiger charge is 2.11. The third-order valence-corrected chi connectivity index (χ3v) is 3.24. The van der Waals surface area contributed by atoms with Crippen LogP contribution in [-0.2, 0) is 0 Å². The first-order valence-electron chi connectivity index (χ1n) is 6.60. The van der Waals surface area contributed by atoms with Gasteiger partial charge in [-0.3, -0.25) is 0 Å². The molecule has 0 saturated carbocycles. The van der Waals surface area contributed by atoms with Crippen LogP contribution in [-0.4, -0.2) is 16.8 Å². The number of fused-ring (bicyclic) bond motifs is 1. The Labute approximate surface area is 127 Å². The van der Waals surface area contributed by atoms with Crippen molar-refractivity contribution in [3.63, 3.8) is 0 Å². The van der Waals surface area contributed by atoms with Crippen LogP contribution in [0.1, 0.15) is 6.92 Å². The van der Waals surface area contributed by atoms with E-state index in [9.17, 15) is 0 Å². The highest BCUT2D eigenvalue weighted by atomic mass is 35.5. The summed E-state index contributed by atoms with van der Waals surface area (Å²) in [6, 6.07) is 15.0. The van der Waals surface area contributed by atoms with E-state index < -0.39 is 0 Å². The van der Waals surface area contributed by atoms with E-state index in [4.69, 9.17) is 21.1 Å². The monoisotopic (exact) mass is 300 g/mol. The van der Waals surface area contributed by atoms with Gasteiger partial charge in [0, 0.05) is 10.8 Å². The average Bonchev–Trinajstić information content (AvgIpc) is 2.52. The molecule has 5 heteroatoms. The molecule has 1 aromatic heterocycles. The SMILES string of the molecule is CCOc1ccccc1Oc1nnc(Cl)c2ccccc12. The molecule has 4 nitrogen and oxygen atoms in total. The number of para-hydroxylation sites is 2. The Morgan fingerprint density at radius 1 is 0.905 bits per heavy atom. The van der Waals surface area contributed by atoms with Gasteiger partial charge in [0.15, 0.2) is 16.7 Å². The Morgan fingerprint density at radius 2 is 1.57 bits per heavy atom. The van der Waals surface area contributed by atoms with Gasteiger partial charge in [-0.2, -0.15) is 0 Å². The lowest BCUT2D eigenvalue weighted by Crippen LogP contribution is -1.97. The molecule has 0 saturated heterocycles. The molecule has 0 atom stereocenters. The summed E-state index contributed by atoms with van der Waals surface area (Å²) in [5.74, 6) is 1.67. The predicted molar refractivity (Wildman–Crippen MR) is 82.2 cm³/mol. The second-order valence-electron chi connectivity index (χ2n) is 4.32. The summed E-state index contributed by atoms with van der Waals surface area (Å²) in [5, 5.41) is 9.94. The van der Waals surface area contributed by atoms with Crippen LogP contribution in [0, 0.1) is 0 Å². The van der Waals surface area contributed by atoms with E-state index in [1.54, 1.807) is 0 Å². The minimum atomic E-state index is 0.357. The van der Waals surface area contributed by atoms with Crippen molar-refractivity contribution in [1.29, 1.82) is 0 Å². The highest BCUT2D eigenvalue weighted by molar-refractivity contribution is 6.34. The van der Waals surface area contributed by atoms with E-state index in [1.165, 1.54) is 0 Å². The first-order chi connectivity index (χ1) is 10.3. The fourth-order valence-corrected chi connectivity index (χ4v) is 2.24. The van der Waals surface area contributed by atoms with Gasteiger partial charge in [0.25, 0.3) is 0 Å². The largest absolute Gasteiger partial charge is 0.490 e. The van der Waals surface area contributed by atoms with Gasteiger partial charge >= 0.3 is 0 Å². The molecule has 3 rings (SSSR count). The minimum absolute atomic E-state index is 0.357. The van der Waals surface area contributed by atoms with E-state index in [2.05, 4.69) is 10.2 Å². The molecule has 106 valence electrons. The standard InChI is InChI=1S/C16H13ClN2O2/c1-2-20-13-9-5-6-10-14(13)21-16-12-8-4-3-7-11(12)15(17)18-19-16/h3-10H,2H2,1H3. The van der Waals surface area contributed by atoms with Crippen molar-refractivity contribution in [3.05, 3.63) is 53.7 Å². The molecule has 2 aromatic carbocycles. The summed E-state index contributed by atoms with van der Waals surface area (Å²) in [7, 11) is 0. The Hall–Kier alpha value is -2.33. The van der Waals surface area contributed by atoms with Crippen molar-refractivity contribution in [1.82, 2.24) is 10.2 Å². The summed E-state index contributed by atoms with van der Waals surface area (Å²) in [5.41, 5.74) is 0. The van der Waals surface area contributed by atoms with Crippen LogP contribution in [0.3, 0.4) is 0 Å². The number of hydrogen-bond acceptors (Lipinski definition) is 4. The van der Waals surface area contributed by atoms with Gasteiger partial charge in [-0.15, -0.1) is 10.2 Å². The molecule has 0 aliphatic carbocycles. The molecule has 0 aliphatic heterocycles. The topological polar surface area (TPSA) is 44.2 Å². The van der Waals surface area contributed by atoms with Crippen molar-refractivity contribution in [2.24, 2.45) is 0 Å². The number of rotatable bonds is 4. The molecule has 0 fully saturated rings. The molecule has 0 N–H and O–H groups in total. The maximum Gasteiger partial charge on any atom is 0.247 e. The zero-order chi connectivity index (χ0) is 14.7. The van der Waals surface area contributed by atoms with Gasteiger partial charge in [-0.1, -0.05) is 41.9 Å². The van der Waals surface area contributed by atoms with Crippen LogP contribution in [0.4, 0.5) is 0 Å². The molecule has 0 aliphatic rings. The van der Waals surface area contributed by atoms with Crippen molar-refractivity contribution >= 4 is 22.4 Å². The number of nitrogens with zero attached hydrogens (tertiary/aromatic N) is 2. The number of benzene rings is 2. The second-order valence-corrected chi connectivity index (χ2v) is 4.68. The van der Waals surface area contributed by atoms with Gasteiger partial charge in [-0.05, 0) is 25.1 Å². The number of halogens is 1. The molecular weight excluding hydrogens is 288 g/mol. The normalized spacial score (nSPS) is 10.6. The maximum absolute atomic E-state index is 6.06. The van der Waals surface area contributed by atoms with E-state index in [1.807, 2.05) is 55.5 Å². The van der Waals surface area contributed by atoms with Crippen molar-refractivity contribution in [2.75, 3.05) is 6.61 Å². The van der Waals surface area contributed by atoms with Crippen molar-refractivity contribution < 1.29 is 9.47 Å². The first-order valence-corrected chi connectivity index (χ1v) is 6.98. The Bertz CT molecular complexity index is 777. The molecule has 1 heterocycles. The molecule has 0 spiro atoms. The number of hydrogen-bond donors (Lipinski definition) is 0. The molecule has 0 unspecified atom stereocenters. The maximum atomic E-state index is 6.06. The summed E-state index contributed by atoms with van der Waals surface area (Å²) in [6.45, 7) is 2.49. The smallest absolute Gasteiger partial charge is 0.247 e. The lowest BCUT2D eigenvalue weighted by molar-refractivity contribution is 0.319. The van der Waals surface area contributed by atoms with Gasteiger partial charge < -0.3 is 9.47 Å². The zero-order valence-electron chi connectivity index (χ0n) is 11.4. The molecule has 21 heavy (non-hydrogen) atoms. The van der Waals surface area contributed by atoms with E-state index in [0.29, 0.717) is 29.1 Å². The van der Waals surface area contributed by atoms with E-state index in [0.717, 1.165) is 10.8 Å². The predicted octanol–water partition coefficient (Wildman–Crippen LogP) is 4.47. The molecular formula is C16H13ClN2O2. The minimum Gasteiger partial charge on any atom is -0.490 e. The fourth-order valence-electron chi connectivity index (χ4n) is 2.04. The average molecular weight is 301 g/mol.